The van der Waals surface area contributed by atoms with Crippen molar-refractivity contribution in [1.82, 2.24) is 5.32 Å². The molecule has 8 nitrogen and oxygen atoms in total. The van der Waals surface area contributed by atoms with Crippen molar-refractivity contribution < 1.29 is 33.0 Å². The number of nitrogens with one attached hydrogen (secondary N) is 2. The van der Waals surface area contributed by atoms with Gasteiger partial charge < -0.3 is 24.8 Å². The van der Waals surface area contributed by atoms with Crippen LogP contribution in [0.25, 0.3) is 6.08 Å². The number of carbonyl (C=O) groups excluding carboxylic acids is 3. The first kappa shape index (κ1) is 22.4. The second-order valence-electron chi connectivity index (χ2n) is 5.89. The van der Waals surface area contributed by atoms with Gasteiger partial charge in [-0.05, 0) is 48.0 Å². The van der Waals surface area contributed by atoms with Gasteiger partial charge in [0.25, 0.3) is 5.91 Å². The second-order valence-corrected chi connectivity index (χ2v) is 5.89. The van der Waals surface area contributed by atoms with Crippen LogP contribution < -0.4 is 20.1 Å². The van der Waals surface area contributed by atoms with E-state index in [9.17, 15) is 18.8 Å². The fourth-order valence-electron chi connectivity index (χ4n) is 2.27. The highest BCUT2D eigenvalue weighted by Crippen LogP contribution is 2.27. The highest BCUT2D eigenvalue weighted by Gasteiger charge is 2.09. The summed E-state index contributed by atoms with van der Waals surface area (Å²) in [6.07, 6.45) is 2.66. The Morgan fingerprint density at radius 1 is 0.967 bits per heavy atom. The quantitative estimate of drug-likeness (QED) is 0.480. The van der Waals surface area contributed by atoms with Crippen molar-refractivity contribution in [2.75, 3.05) is 32.7 Å². The lowest BCUT2D eigenvalue weighted by molar-refractivity contribution is -0.143. The first-order valence-corrected chi connectivity index (χ1v) is 8.80. The molecule has 0 aliphatic carbocycles. The van der Waals surface area contributed by atoms with E-state index >= 15 is 0 Å². The molecule has 0 radical (unpaired) electrons. The minimum absolute atomic E-state index is 0.324. The smallest absolute Gasteiger partial charge is 0.331 e. The van der Waals surface area contributed by atoms with Gasteiger partial charge in [0, 0.05) is 11.8 Å². The van der Waals surface area contributed by atoms with Crippen LogP contribution in [0.3, 0.4) is 0 Å². The highest BCUT2D eigenvalue weighted by atomic mass is 19.1. The predicted octanol–water partition coefficient (Wildman–Crippen LogP) is 2.15. The number of hydrogen-bond acceptors (Lipinski definition) is 6. The molecule has 9 heteroatoms. The molecule has 158 valence electrons. The number of ether oxygens (including phenoxy) is 3. The molecule has 0 fully saturated rings. The van der Waals surface area contributed by atoms with E-state index in [0.29, 0.717) is 22.7 Å². The molecule has 0 aliphatic rings. The molecule has 2 amide bonds. The predicted molar refractivity (Wildman–Crippen MR) is 108 cm³/mol. The van der Waals surface area contributed by atoms with Crippen LogP contribution in [0.5, 0.6) is 11.5 Å². The number of rotatable bonds is 9. The summed E-state index contributed by atoms with van der Waals surface area (Å²) in [7, 11) is 3.01. The summed E-state index contributed by atoms with van der Waals surface area (Å²) in [5, 5.41) is 4.80. The molecule has 0 saturated heterocycles. The van der Waals surface area contributed by atoms with E-state index in [1.54, 1.807) is 18.2 Å². The zero-order valence-corrected chi connectivity index (χ0v) is 16.4. The van der Waals surface area contributed by atoms with Crippen LogP contribution in [0.15, 0.2) is 48.5 Å². The Kier molecular flexibility index (Phi) is 8.37. The van der Waals surface area contributed by atoms with Crippen LogP contribution in [0.2, 0.25) is 0 Å². The van der Waals surface area contributed by atoms with Gasteiger partial charge in [-0.1, -0.05) is 6.07 Å². The van der Waals surface area contributed by atoms with E-state index in [2.05, 4.69) is 10.6 Å². The molecular weight excluding hydrogens is 395 g/mol. The Morgan fingerprint density at radius 2 is 1.67 bits per heavy atom. The van der Waals surface area contributed by atoms with Gasteiger partial charge in [0.15, 0.2) is 18.1 Å². The highest BCUT2D eigenvalue weighted by molar-refractivity contribution is 5.95. The SMILES string of the molecule is COc1ccc(/C=C/C(=O)OCC(=O)NCC(=O)Nc2ccc(F)cc2)cc1OC. The first-order valence-electron chi connectivity index (χ1n) is 8.80. The summed E-state index contributed by atoms with van der Waals surface area (Å²) in [6.45, 7) is -0.867. The van der Waals surface area contributed by atoms with E-state index in [-0.39, 0.29) is 6.54 Å². The molecule has 2 rings (SSSR count). The van der Waals surface area contributed by atoms with Crippen LogP contribution in [0.4, 0.5) is 10.1 Å². The number of benzene rings is 2. The Morgan fingerprint density at radius 3 is 2.33 bits per heavy atom. The summed E-state index contributed by atoms with van der Waals surface area (Å²) in [5.41, 5.74) is 1.06. The maximum Gasteiger partial charge on any atom is 0.331 e. The van der Waals surface area contributed by atoms with Crippen molar-refractivity contribution in [3.63, 3.8) is 0 Å². The van der Waals surface area contributed by atoms with Crippen LogP contribution >= 0.6 is 0 Å². The van der Waals surface area contributed by atoms with Gasteiger partial charge in [0.05, 0.1) is 20.8 Å². The Balaban J connectivity index is 1.73. The third-order valence-corrected chi connectivity index (χ3v) is 3.74. The molecule has 0 atom stereocenters. The van der Waals surface area contributed by atoms with Gasteiger partial charge in [-0.2, -0.15) is 0 Å². The van der Waals surface area contributed by atoms with Crippen LogP contribution in [0.1, 0.15) is 5.56 Å². The Bertz CT molecular complexity index is 928. The van der Waals surface area contributed by atoms with Crippen LogP contribution in [-0.2, 0) is 19.1 Å². The van der Waals surface area contributed by atoms with Gasteiger partial charge >= 0.3 is 5.97 Å². The fourth-order valence-corrected chi connectivity index (χ4v) is 2.27. The van der Waals surface area contributed by atoms with Crippen LogP contribution in [-0.4, -0.2) is 45.2 Å². The largest absolute Gasteiger partial charge is 0.493 e. The summed E-state index contributed by atoms with van der Waals surface area (Å²) in [4.78, 5) is 35.2. The van der Waals surface area contributed by atoms with Crippen molar-refractivity contribution in [2.45, 2.75) is 0 Å². The number of amides is 2. The number of esters is 1. The minimum atomic E-state index is -0.726. The van der Waals surface area contributed by atoms with Gasteiger partial charge in [-0.25, -0.2) is 9.18 Å². The Labute approximate surface area is 172 Å². The van der Waals surface area contributed by atoms with E-state index < -0.39 is 30.2 Å². The van der Waals surface area contributed by atoms with Gasteiger partial charge in [-0.3, -0.25) is 9.59 Å². The summed E-state index contributed by atoms with van der Waals surface area (Å²) >= 11 is 0. The van der Waals surface area contributed by atoms with Crippen molar-refractivity contribution in [3.8, 4) is 11.5 Å². The molecule has 0 unspecified atom stereocenters. The summed E-state index contributed by atoms with van der Waals surface area (Å²) in [6, 6.07) is 10.3. The molecule has 0 saturated carbocycles. The van der Waals surface area contributed by atoms with Gasteiger partial charge in [0.1, 0.15) is 5.82 Å². The second kappa shape index (κ2) is 11.2. The van der Waals surface area contributed by atoms with Crippen molar-refractivity contribution in [1.29, 1.82) is 0 Å². The van der Waals surface area contributed by atoms with E-state index in [0.717, 1.165) is 6.08 Å². The summed E-state index contributed by atoms with van der Waals surface area (Å²) in [5.74, 6) is -1.24. The molecular formula is C21H21FN2O6. The number of hydrogen-bond donors (Lipinski definition) is 2. The fraction of sp³-hybridized carbons (Fsp3) is 0.190. The maximum atomic E-state index is 12.8. The molecule has 0 aromatic heterocycles. The molecule has 2 N–H and O–H groups in total. The number of anilines is 1. The average molecular weight is 416 g/mol. The standard InChI is InChI=1S/C21H21FN2O6/c1-28-17-9-3-14(11-18(17)29-2)4-10-21(27)30-13-20(26)23-12-19(25)24-16-7-5-15(22)6-8-16/h3-11H,12-13H2,1-2H3,(H,23,26)(H,24,25)/b10-4+. The summed E-state index contributed by atoms with van der Waals surface area (Å²) < 4.78 is 27.9. The molecule has 0 bridgehead atoms. The number of methoxy groups -OCH3 is 2. The zero-order valence-electron chi connectivity index (χ0n) is 16.4. The number of carbonyl (C=O) groups is 3. The Hall–Kier alpha value is -3.88. The lowest BCUT2D eigenvalue weighted by atomic mass is 10.2. The molecule has 0 spiro atoms. The zero-order chi connectivity index (χ0) is 21.9. The third kappa shape index (κ3) is 7.27. The normalized spacial score (nSPS) is 10.4. The third-order valence-electron chi connectivity index (χ3n) is 3.74. The van der Waals surface area contributed by atoms with Crippen molar-refractivity contribution >= 4 is 29.5 Å². The van der Waals surface area contributed by atoms with E-state index in [1.807, 2.05) is 0 Å². The molecule has 2 aromatic carbocycles. The van der Waals surface area contributed by atoms with Crippen LogP contribution in [0, 0.1) is 5.82 Å². The number of halogens is 1. The molecule has 2 aromatic rings. The van der Waals surface area contributed by atoms with E-state index in [1.165, 1.54) is 44.6 Å². The topological polar surface area (TPSA) is 103 Å². The van der Waals surface area contributed by atoms with Gasteiger partial charge in [0.2, 0.25) is 5.91 Å². The maximum absolute atomic E-state index is 12.8. The molecule has 0 heterocycles. The molecule has 0 aliphatic heterocycles. The lowest BCUT2D eigenvalue weighted by Gasteiger charge is -2.08. The van der Waals surface area contributed by atoms with Crippen molar-refractivity contribution in [2.24, 2.45) is 0 Å². The first-order chi connectivity index (χ1) is 14.4. The monoisotopic (exact) mass is 416 g/mol. The molecule has 30 heavy (non-hydrogen) atoms. The van der Waals surface area contributed by atoms with Gasteiger partial charge in [-0.15, -0.1) is 0 Å². The minimum Gasteiger partial charge on any atom is -0.493 e. The average Bonchev–Trinajstić information content (AvgIpc) is 2.76. The van der Waals surface area contributed by atoms with Crippen molar-refractivity contribution in [3.05, 3.63) is 59.9 Å². The van der Waals surface area contributed by atoms with E-state index in [4.69, 9.17) is 14.2 Å². The lowest BCUT2D eigenvalue weighted by Crippen LogP contribution is -2.35.